The maximum atomic E-state index is 13.7. The fourth-order valence-corrected chi connectivity index (χ4v) is 3.04. The van der Waals surface area contributed by atoms with Crippen molar-refractivity contribution in [2.45, 2.75) is 26.7 Å². The Morgan fingerprint density at radius 1 is 1.00 bits per heavy atom. The minimum Gasteiger partial charge on any atom is -0.325 e. The van der Waals surface area contributed by atoms with Crippen LogP contribution in [0.1, 0.15) is 24.5 Å². The number of amides is 2. The van der Waals surface area contributed by atoms with Crippen LogP contribution in [0.3, 0.4) is 0 Å². The molecule has 2 unspecified atom stereocenters. The van der Waals surface area contributed by atoms with Crippen LogP contribution in [-0.4, -0.2) is 11.8 Å². The number of carbonyl (C=O) groups excluding carboxylic acids is 2. The number of nitrogens with one attached hydrogen (secondary N) is 2. The van der Waals surface area contributed by atoms with Gasteiger partial charge in [-0.25, -0.2) is 13.2 Å². The van der Waals surface area contributed by atoms with Crippen LogP contribution in [0.2, 0.25) is 0 Å². The van der Waals surface area contributed by atoms with Crippen LogP contribution in [0.15, 0.2) is 30.3 Å². The monoisotopic (exact) mass is 376 g/mol. The number of anilines is 2. The van der Waals surface area contributed by atoms with Gasteiger partial charge in [-0.05, 0) is 43.0 Å². The second-order valence-electron chi connectivity index (χ2n) is 6.61. The van der Waals surface area contributed by atoms with E-state index in [-0.39, 0.29) is 5.91 Å². The van der Waals surface area contributed by atoms with Gasteiger partial charge in [0.2, 0.25) is 11.8 Å². The first-order valence-corrected chi connectivity index (χ1v) is 8.67. The van der Waals surface area contributed by atoms with Crippen LogP contribution < -0.4 is 10.6 Å². The number of halogens is 3. The highest BCUT2D eigenvalue weighted by molar-refractivity contribution is 6.03. The molecule has 0 bridgehead atoms. The molecule has 1 saturated carbocycles. The third kappa shape index (κ3) is 3.82. The molecular weight excluding hydrogens is 357 g/mol. The zero-order valence-corrected chi connectivity index (χ0v) is 14.9. The van der Waals surface area contributed by atoms with E-state index < -0.39 is 40.9 Å². The summed E-state index contributed by atoms with van der Waals surface area (Å²) in [5.74, 6) is -6.50. The predicted molar refractivity (Wildman–Crippen MR) is 95.7 cm³/mol. The third-order valence-electron chi connectivity index (χ3n) is 4.75. The van der Waals surface area contributed by atoms with Crippen molar-refractivity contribution < 1.29 is 22.8 Å². The maximum absolute atomic E-state index is 13.7. The molecule has 27 heavy (non-hydrogen) atoms. The van der Waals surface area contributed by atoms with Crippen molar-refractivity contribution in [1.82, 2.24) is 0 Å². The van der Waals surface area contributed by atoms with Crippen molar-refractivity contribution in [3.8, 4) is 0 Å². The molecule has 2 aromatic carbocycles. The van der Waals surface area contributed by atoms with Crippen LogP contribution in [0.4, 0.5) is 24.5 Å². The Balaban J connectivity index is 1.65. The normalized spacial score (nSPS) is 18.1. The van der Waals surface area contributed by atoms with Crippen molar-refractivity contribution in [3.05, 3.63) is 58.9 Å². The molecule has 2 amide bonds. The average molecular weight is 376 g/mol. The molecular formula is C20H19F3N2O2. The van der Waals surface area contributed by atoms with Gasteiger partial charge in [0.1, 0.15) is 0 Å². The Bertz CT molecular complexity index is 914. The number of carbonyl (C=O) groups is 2. The summed E-state index contributed by atoms with van der Waals surface area (Å²) in [6.45, 7) is 3.87. The summed E-state index contributed by atoms with van der Waals surface area (Å²) in [6.07, 6.45) is 1.07. The van der Waals surface area contributed by atoms with Crippen LogP contribution in [0.25, 0.3) is 0 Å². The number of rotatable bonds is 5. The molecule has 1 aliphatic rings. The Kier molecular flexibility index (Phi) is 5.21. The summed E-state index contributed by atoms with van der Waals surface area (Å²) in [6, 6.07) is 7.40. The molecule has 0 aromatic heterocycles. The van der Waals surface area contributed by atoms with E-state index in [0.29, 0.717) is 6.42 Å². The van der Waals surface area contributed by atoms with Gasteiger partial charge < -0.3 is 10.6 Å². The van der Waals surface area contributed by atoms with Gasteiger partial charge in [0.25, 0.3) is 0 Å². The Hall–Kier alpha value is -2.83. The van der Waals surface area contributed by atoms with Crippen molar-refractivity contribution in [2.75, 3.05) is 10.6 Å². The summed E-state index contributed by atoms with van der Waals surface area (Å²) >= 11 is 0. The second-order valence-corrected chi connectivity index (χ2v) is 6.61. The molecule has 0 heterocycles. The highest BCUT2D eigenvalue weighted by Crippen LogP contribution is 2.41. The summed E-state index contributed by atoms with van der Waals surface area (Å²) in [7, 11) is 0. The number of benzene rings is 2. The van der Waals surface area contributed by atoms with Crippen molar-refractivity contribution in [1.29, 1.82) is 0 Å². The fraction of sp³-hybridized carbons (Fsp3) is 0.300. The van der Waals surface area contributed by atoms with Crippen molar-refractivity contribution in [2.24, 2.45) is 11.8 Å². The second kappa shape index (κ2) is 7.42. The predicted octanol–water partition coefficient (Wildman–Crippen LogP) is 4.19. The van der Waals surface area contributed by atoms with Crippen LogP contribution in [0.5, 0.6) is 0 Å². The lowest BCUT2D eigenvalue weighted by molar-refractivity contribution is -0.122. The van der Waals surface area contributed by atoms with Gasteiger partial charge in [-0.15, -0.1) is 0 Å². The molecule has 1 aliphatic carbocycles. The summed E-state index contributed by atoms with van der Waals surface area (Å²) in [4.78, 5) is 24.7. The molecule has 2 aromatic rings. The molecule has 0 radical (unpaired) electrons. The van der Waals surface area contributed by atoms with Gasteiger partial charge in [0.05, 0.1) is 17.5 Å². The molecule has 142 valence electrons. The fourth-order valence-electron chi connectivity index (χ4n) is 3.04. The molecule has 0 aliphatic heterocycles. The minimum atomic E-state index is -1.65. The summed E-state index contributed by atoms with van der Waals surface area (Å²) in [5.41, 5.74) is 2.21. The number of aryl methyl sites for hydroxylation is 2. The average Bonchev–Trinajstić information content (AvgIpc) is 3.45. The molecule has 0 spiro atoms. The van der Waals surface area contributed by atoms with Crippen LogP contribution in [-0.2, 0) is 16.0 Å². The number of hydrogen-bond acceptors (Lipinski definition) is 2. The standard InChI is InChI=1S/C20H19F3N2O2/c1-3-11-6-4-5-10(2)18(11)25-20(27)13-9-12(13)19(26)24-15-8-7-14(21)16(22)17(15)23/h4-8,12-13H,3,9H2,1-2H3,(H,24,26)(H,25,27). The van der Waals surface area contributed by atoms with Gasteiger partial charge in [0.15, 0.2) is 17.5 Å². The third-order valence-corrected chi connectivity index (χ3v) is 4.75. The van der Waals surface area contributed by atoms with E-state index in [1.54, 1.807) is 0 Å². The summed E-state index contributed by atoms with van der Waals surface area (Å²) in [5, 5.41) is 5.09. The first-order chi connectivity index (χ1) is 12.8. The highest BCUT2D eigenvalue weighted by Gasteiger charge is 2.48. The SMILES string of the molecule is CCc1cccc(C)c1NC(=O)C1CC1C(=O)Nc1ccc(F)c(F)c1F. The topological polar surface area (TPSA) is 58.2 Å². The first kappa shape index (κ1) is 18.9. The summed E-state index contributed by atoms with van der Waals surface area (Å²) < 4.78 is 39.9. The molecule has 0 saturated heterocycles. The molecule has 7 heteroatoms. The van der Waals surface area contributed by atoms with E-state index in [1.807, 2.05) is 32.0 Å². The highest BCUT2D eigenvalue weighted by atomic mass is 19.2. The van der Waals surface area contributed by atoms with Gasteiger partial charge in [-0.3, -0.25) is 9.59 Å². The molecule has 3 rings (SSSR count). The van der Waals surface area contributed by atoms with E-state index in [2.05, 4.69) is 10.6 Å². The largest absolute Gasteiger partial charge is 0.325 e. The maximum Gasteiger partial charge on any atom is 0.228 e. The number of para-hydroxylation sites is 1. The Labute approximate surface area is 154 Å². The zero-order chi connectivity index (χ0) is 19.7. The van der Waals surface area contributed by atoms with E-state index >= 15 is 0 Å². The lowest BCUT2D eigenvalue weighted by Crippen LogP contribution is -2.22. The van der Waals surface area contributed by atoms with E-state index in [9.17, 15) is 22.8 Å². The molecule has 2 N–H and O–H groups in total. The van der Waals surface area contributed by atoms with Gasteiger partial charge in [-0.2, -0.15) is 0 Å². The lowest BCUT2D eigenvalue weighted by Gasteiger charge is -2.13. The van der Waals surface area contributed by atoms with Gasteiger partial charge >= 0.3 is 0 Å². The van der Waals surface area contributed by atoms with E-state index in [1.165, 1.54) is 0 Å². The molecule has 4 nitrogen and oxygen atoms in total. The molecule has 2 atom stereocenters. The lowest BCUT2D eigenvalue weighted by atomic mass is 10.1. The van der Waals surface area contributed by atoms with Crippen LogP contribution in [0, 0.1) is 36.2 Å². The minimum absolute atomic E-state index is 0.287. The first-order valence-electron chi connectivity index (χ1n) is 8.67. The van der Waals surface area contributed by atoms with Gasteiger partial charge in [-0.1, -0.05) is 25.1 Å². The Morgan fingerprint density at radius 3 is 2.33 bits per heavy atom. The van der Waals surface area contributed by atoms with Gasteiger partial charge in [0, 0.05) is 5.69 Å². The number of hydrogen-bond donors (Lipinski definition) is 2. The Morgan fingerprint density at radius 2 is 1.67 bits per heavy atom. The van der Waals surface area contributed by atoms with Crippen molar-refractivity contribution in [3.63, 3.8) is 0 Å². The zero-order valence-electron chi connectivity index (χ0n) is 14.9. The van der Waals surface area contributed by atoms with E-state index in [4.69, 9.17) is 0 Å². The smallest absolute Gasteiger partial charge is 0.228 e. The van der Waals surface area contributed by atoms with Crippen molar-refractivity contribution >= 4 is 23.2 Å². The van der Waals surface area contributed by atoms with E-state index in [0.717, 1.165) is 35.4 Å². The quantitative estimate of drug-likeness (QED) is 0.769. The molecule has 1 fully saturated rings. The van der Waals surface area contributed by atoms with Crippen LogP contribution >= 0.6 is 0 Å².